The van der Waals surface area contributed by atoms with Crippen LogP contribution < -0.4 is 5.32 Å². The summed E-state index contributed by atoms with van der Waals surface area (Å²) >= 11 is 0. The van der Waals surface area contributed by atoms with Crippen LogP contribution in [0.1, 0.15) is 33.6 Å². The largest absolute Gasteiger partial charge is 0.479 e. The number of nitrogens with one attached hydrogen (secondary N) is 1. The molecule has 0 aliphatic heterocycles. The summed E-state index contributed by atoms with van der Waals surface area (Å²) in [5.74, 6) is -1.46. The van der Waals surface area contributed by atoms with Crippen molar-refractivity contribution >= 4 is 11.9 Å². The van der Waals surface area contributed by atoms with Crippen molar-refractivity contribution < 1.29 is 19.4 Å². The molecule has 16 heavy (non-hydrogen) atoms. The Morgan fingerprint density at radius 2 is 1.88 bits per heavy atom. The van der Waals surface area contributed by atoms with Gasteiger partial charge in [0.2, 0.25) is 5.91 Å². The van der Waals surface area contributed by atoms with Crippen LogP contribution in [-0.4, -0.2) is 36.2 Å². The number of methoxy groups -OCH3 is 1. The zero-order valence-electron chi connectivity index (χ0n) is 10.4. The van der Waals surface area contributed by atoms with Gasteiger partial charge in [-0.25, -0.2) is 4.79 Å². The van der Waals surface area contributed by atoms with Gasteiger partial charge < -0.3 is 15.2 Å². The van der Waals surface area contributed by atoms with Crippen LogP contribution in [0.15, 0.2) is 0 Å². The van der Waals surface area contributed by atoms with E-state index in [9.17, 15) is 9.59 Å². The number of rotatable bonds is 7. The number of carbonyl (C=O) groups excluding carboxylic acids is 1. The zero-order chi connectivity index (χ0) is 12.8. The lowest BCUT2D eigenvalue weighted by Gasteiger charge is -2.27. The summed E-state index contributed by atoms with van der Waals surface area (Å²) in [5, 5.41) is 11.6. The van der Waals surface area contributed by atoms with E-state index in [-0.39, 0.29) is 18.4 Å². The highest BCUT2D eigenvalue weighted by atomic mass is 16.5. The minimum atomic E-state index is -1.35. The molecule has 0 saturated heterocycles. The summed E-state index contributed by atoms with van der Waals surface area (Å²) in [6.45, 7) is 5.21. The number of ether oxygens (including phenoxy) is 1. The van der Waals surface area contributed by atoms with E-state index in [0.717, 1.165) is 0 Å². The van der Waals surface area contributed by atoms with Gasteiger partial charge in [-0.15, -0.1) is 0 Å². The maximum absolute atomic E-state index is 11.8. The number of carbonyl (C=O) groups is 2. The van der Waals surface area contributed by atoms with Crippen LogP contribution in [0.5, 0.6) is 0 Å². The van der Waals surface area contributed by atoms with Gasteiger partial charge >= 0.3 is 5.97 Å². The molecular weight excluding hydrogens is 210 g/mol. The van der Waals surface area contributed by atoms with Crippen LogP contribution in [0.4, 0.5) is 0 Å². The van der Waals surface area contributed by atoms with Gasteiger partial charge in [-0.1, -0.05) is 13.8 Å². The van der Waals surface area contributed by atoms with Crippen LogP contribution in [0.25, 0.3) is 0 Å². The van der Waals surface area contributed by atoms with E-state index < -0.39 is 11.5 Å². The summed E-state index contributed by atoms with van der Waals surface area (Å²) in [6.07, 6.45) is 1.40. The second-order valence-corrected chi connectivity index (χ2v) is 4.07. The number of carboxylic acids is 1. The van der Waals surface area contributed by atoms with Crippen molar-refractivity contribution in [3.8, 4) is 0 Å². The molecule has 2 N–H and O–H groups in total. The van der Waals surface area contributed by atoms with Crippen LogP contribution in [-0.2, 0) is 14.3 Å². The third-order valence-electron chi connectivity index (χ3n) is 2.66. The normalized spacial score (nSPS) is 14.6. The van der Waals surface area contributed by atoms with Crippen LogP contribution in [0.2, 0.25) is 0 Å². The molecule has 0 radical (unpaired) electrons. The van der Waals surface area contributed by atoms with Gasteiger partial charge in [-0.2, -0.15) is 0 Å². The molecule has 0 rings (SSSR count). The monoisotopic (exact) mass is 231 g/mol. The maximum atomic E-state index is 11.8. The first-order chi connectivity index (χ1) is 7.41. The lowest BCUT2D eigenvalue weighted by Crippen LogP contribution is -2.56. The van der Waals surface area contributed by atoms with Crippen molar-refractivity contribution in [3.05, 3.63) is 0 Å². The first-order valence-electron chi connectivity index (χ1n) is 5.45. The lowest BCUT2D eigenvalue weighted by atomic mass is 9.98. The lowest BCUT2D eigenvalue weighted by molar-refractivity contribution is -0.150. The first kappa shape index (κ1) is 14.9. The highest BCUT2D eigenvalue weighted by Crippen LogP contribution is 2.11. The Labute approximate surface area is 96.2 Å². The minimum Gasteiger partial charge on any atom is -0.479 e. The first-order valence-corrected chi connectivity index (χ1v) is 5.45. The average Bonchev–Trinajstić information content (AvgIpc) is 2.19. The number of hydrogen-bond donors (Lipinski definition) is 2. The van der Waals surface area contributed by atoms with Gasteiger partial charge in [-0.05, 0) is 19.8 Å². The molecule has 1 unspecified atom stereocenters. The molecule has 94 valence electrons. The predicted octanol–water partition coefficient (Wildman–Crippen LogP) is 1.03. The van der Waals surface area contributed by atoms with E-state index >= 15 is 0 Å². The van der Waals surface area contributed by atoms with Crippen LogP contribution in [0.3, 0.4) is 0 Å². The molecule has 1 amide bonds. The Bertz CT molecular complexity index is 250. The second kappa shape index (κ2) is 6.48. The molecule has 0 saturated carbocycles. The van der Waals surface area contributed by atoms with Crippen molar-refractivity contribution in [1.82, 2.24) is 5.32 Å². The van der Waals surface area contributed by atoms with E-state index in [1.807, 2.05) is 13.8 Å². The minimum absolute atomic E-state index is 0.0474. The molecule has 0 bridgehead atoms. The number of carboxylic acid groups (broad SMARTS) is 1. The van der Waals surface area contributed by atoms with Gasteiger partial charge in [0, 0.05) is 13.0 Å². The van der Waals surface area contributed by atoms with E-state index in [0.29, 0.717) is 12.8 Å². The van der Waals surface area contributed by atoms with Gasteiger partial charge in [0.15, 0.2) is 5.54 Å². The summed E-state index contributed by atoms with van der Waals surface area (Å²) in [5.41, 5.74) is -1.35. The van der Waals surface area contributed by atoms with Crippen LogP contribution >= 0.6 is 0 Å². The summed E-state index contributed by atoms with van der Waals surface area (Å²) in [7, 11) is 1.41. The van der Waals surface area contributed by atoms with Crippen molar-refractivity contribution in [2.24, 2.45) is 5.92 Å². The Hall–Kier alpha value is -1.10. The third-order valence-corrected chi connectivity index (χ3v) is 2.66. The fraction of sp³-hybridized carbons (Fsp3) is 0.818. The van der Waals surface area contributed by atoms with E-state index in [1.54, 1.807) is 0 Å². The Morgan fingerprint density at radius 3 is 2.19 bits per heavy atom. The molecule has 1 atom stereocenters. The molecular formula is C11H21NO4. The second-order valence-electron chi connectivity index (χ2n) is 4.07. The summed E-state index contributed by atoms with van der Waals surface area (Å²) < 4.78 is 4.82. The molecule has 0 aromatic rings. The van der Waals surface area contributed by atoms with E-state index in [1.165, 1.54) is 14.0 Å². The molecule has 0 heterocycles. The van der Waals surface area contributed by atoms with Gasteiger partial charge in [0.1, 0.15) is 0 Å². The van der Waals surface area contributed by atoms with Crippen molar-refractivity contribution in [3.63, 3.8) is 0 Å². The third kappa shape index (κ3) is 3.81. The standard InChI is InChI=1S/C11H21NO4/c1-5-8(6-2)9(13)12-11(3,7-16-4)10(14)15/h8H,5-7H2,1-4H3,(H,12,13)(H,14,15). The Morgan fingerprint density at radius 1 is 1.38 bits per heavy atom. The molecule has 5 heteroatoms. The molecule has 0 fully saturated rings. The quantitative estimate of drug-likeness (QED) is 0.686. The summed E-state index contributed by atoms with van der Waals surface area (Å²) in [6, 6.07) is 0. The van der Waals surface area contributed by atoms with Gasteiger partial charge in [0.05, 0.1) is 6.61 Å². The van der Waals surface area contributed by atoms with Crippen molar-refractivity contribution in [2.75, 3.05) is 13.7 Å². The van der Waals surface area contributed by atoms with Crippen molar-refractivity contribution in [2.45, 2.75) is 39.2 Å². The highest BCUT2D eigenvalue weighted by molar-refractivity contribution is 5.87. The SMILES string of the molecule is CCC(CC)C(=O)NC(C)(COC)C(=O)O. The fourth-order valence-electron chi connectivity index (χ4n) is 1.47. The zero-order valence-corrected chi connectivity index (χ0v) is 10.4. The average molecular weight is 231 g/mol. The number of aliphatic carboxylic acids is 1. The smallest absolute Gasteiger partial charge is 0.331 e. The highest BCUT2D eigenvalue weighted by Gasteiger charge is 2.36. The molecule has 5 nitrogen and oxygen atoms in total. The number of amides is 1. The molecule has 0 spiro atoms. The Kier molecular flexibility index (Phi) is 6.03. The van der Waals surface area contributed by atoms with Crippen molar-refractivity contribution in [1.29, 1.82) is 0 Å². The molecule has 0 aliphatic carbocycles. The Balaban J connectivity index is 4.63. The molecule has 0 aliphatic rings. The molecule has 0 aromatic carbocycles. The fourth-order valence-corrected chi connectivity index (χ4v) is 1.47. The van der Waals surface area contributed by atoms with E-state index in [2.05, 4.69) is 5.32 Å². The number of hydrogen-bond acceptors (Lipinski definition) is 3. The maximum Gasteiger partial charge on any atom is 0.331 e. The van der Waals surface area contributed by atoms with E-state index in [4.69, 9.17) is 9.84 Å². The predicted molar refractivity (Wildman–Crippen MR) is 60.1 cm³/mol. The molecule has 0 aromatic heterocycles. The topological polar surface area (TPSA) is 75.6 Å². The summed E-state index contributed by atoms with van der Waals surface area (Å²) in [4.78, 5) is 22.8. The van der Waals surface area contributed by atoms with Gasteiger partial charge in [-0.3, -0.25) is 4.79 Å². The van der Waals surface area contributed by atoms with Gasteiger partial charge in [0.25, 0.3) is 0 Å². The van der Waals surface area contributed by atoms with Crippen LogP contribution in [0, 0.1) is 5.92 Å².